The van der Waals surface area contributed by atoms with Crippen LogP contribution in [-0.4, -0.2) is 16.5 Å². The van der Waals surface area contributed by atoms with Crippen molar-refractivity contribution in [3.8, 4) is 0 Å². The van der Waals surface area contributed by atoms with Gasteiger partial charge in [0.1, 0.15) is 0 Å². The Bertz CT molecular complexity index is 731. The summed E-state index contributed by atoms with van der Waals surface area (Å²) in [6.07, 6.45) is 3.25. The highest BCUT2D eigenvalue weighted by atomic mass is 79.9. The lowest BCUT2D eigenvalue weighted by molar-refractivity contribution is -0.683. The third-order valence-electron chi connectivity index (χ3n) is 2.97. The predicted octanol–water partition coefficient (Wildman–Crippen LogP) is 2.55. The number of hydrogen-bond acceptors (Lipinski definition) is 4. The van der Waals surface area contributed by atoms with Crippen LogP contribution in [0, 0.1) is 10.1 Å². The first-order valence-electron chi connectivity index (χ1n) is 6.25. The van der Waals surface area contributed by atoms with Gasteiger partial charge in [-0.2, -0.15) is 4.57 Å². The van der Waals surface area contributed by atoms with Crippen molar-refractivity contribution in [2.75, 3.05) is 0 Å². The molecule has 22 heavy (non-hydrogen) atoms. The van der Waals surface area contributed by atoms with Crippen molar-refractivity contribution in [3.63, 3.8) is 0 Å². The zero-order valence-corrected chi connectivity index (χ0v) is 13.5. The molecule has 1 aromatic heterocycles. The number of carbonyl (C=O) groups is 2. The second-order valence-electron chi connectivity index (χ2n) is 4.55. The minimum Gasteiger partial charge on any atom is -0.294 e. The van der Waals surface area contributed by atoms with Crippen LogP contribution in [0.4, 0.5) is 5.69 Å². The Labute approximate surface area is 137 Å². The molecule has 0 atom stereocenters. The minimum absolute atomic E-state index is 0. The number of benzene rings is 1. The van der Waals surface area contributed by atoms with Gasteiger partial charge in [-0.15, -0.1) is 17.0 Å². The Balaban J connectivity index is 0.00000242. The van der Waals surface area contributed by atoms with E-state index in [0.717, 1.165) is 0 Å². The second kappa shape index (κ2) is 7.56. The molecule has 0 aliphatic carbocycles. The number of pyridine rings is 1. The molecule has 1 heterocycles. The fraction of sp³-hybridized carbons (Fsp3) is 0.133. The van der Waals surface area contributed by atoms with E-state index in [1.165, 1.54) is 31.2 Å². The molecule has 6 nitrogen and oxygen atoms in total. The highest BCUT2D eigenvalue weighted by Crippen LogP contribution is 2.13. The van der Waals surface area contributed by atoms with Gasteiger partial charge in [0, 0.05) is 23.8 Å². The van der Waals surface area contributed by atoms with Gasteiger partial charge in [-0.05, 0) is 13.0 Å². The Morgan fingerprint density at radius 2 is 1.86 bits per heavy atom. The number of non-ortho nitro benzene ring substituents is 1. The average molecular weight is 366 g/mol. The number of nitro groups is 1. The van der Waals surface area contributed by atoms with Gasteiger partial charge >= 0.3 is 0 Å². The monoisotopic (exact) mass is 365 g/mol. The van der Waals surface area contributed by atoms with E-state index >= 15 is 0 Å². The molecule has 0 bridgehead atoms. The van der Waals surface area contributed by atoms with E-state index in [1.54, 1.807) is 29.1 Å². The largest absolute Gasteiger partial charge is 0.294 e. The molecule has 0 aliphatic heterocycles. The first kappa shape index (κ1) is 17.6. The molecule has 1 aromatic carbocycles. The summed E-state index contributed by atoms with van der Waals surface area (Å²) in [5, 5.41) is 10.7. The number of aromatic nitrogens is 1. The molecule has 114 valence electrons. The number of rotatable bonds is 5. The Morgan fingerprint density at radius 1 is 1.18 bits per heavy atom. The highest BCUT2D eigenvalue weighted by molar-refractivity contribution is 8.93. The van der Waals surface area contributed by atoms with Crippen LogP contribution in [0.1, 0.15) is 27.6 Å². The fourth-order valence-corrected chi connectivity index (χ4v) is 1.88. The lowest BCUT2D eigenvalue weighted by atomic mass is 10.1. The van der Waals surface area contributed by atoms with Crippen molar-refractivity contribution in [1.29, 1.82) is 0 Å². The summed E-state index contributed by atoms with van der Waals surface area (Å²) in [6.45, 7) is 1.46. The van der Waals surface area contributed by atoms with Crippen LogP contribution in [0.2, 0.25) is 0 Å². The predicted molar refractivity (Wildman–Crippen MR) is 84.4 cm³/mol. The van der Waals surface area contributed by atoms with Crippen LogP contribution < -0.4 is 4.57 Å². The van der Waals surface area contributed by atoms with Crippen LogP contribution in [-0.2, 0) is 6.54 Å². The maximum atomic E-state index is 12.1. The average Bonchev–Trinajstić information content (AvgIpc) is 2.47. The quantitative estimate of drug-likeness (QED) is 0.353. The van der Waals surface area contributed by atoms with Crippen molar-refractivity contribution >= 4 is 34.2 Å². The summed E-state index contributed by atoms with van der Waals surface area (Å²) < 4.78 is 1.58. The third kappa shape index (κ3) is 4.29. The summed E-state index contributed by atoms with van der Waals surface area (Å²) in [5.74, 6) is -0.350. The molecule has 2 aromatic rings. The summed E-state index contributed by atoms with van der Waals surface area (Å²) in [4.78, 5) is 33.6. The van der Waals surface area contributed by atoms with Gasteiger partial charge in [0.05, 0.1) is 10.5 Å². The van der Waals surface area contributed by atoms with Gasteiger partial charge in [-0.3, -0.25) is 19.7 Å². The van der Waals surface area contributed by atoms with Crippen LogP contribution >= 0.6 is 17.0 Å². The van der Waals surface area contributed by atoms with E-state index in [9.17, 15) is 19.7 Å². The van der Waals surface area contributed by atoms with E-state index in [-0.39, 0.29) is 46.3 Å². The zero-order valence-electron chi connectivity index (χ0n) is 11.8. The molecule has 7 heteroatoms. The van der Waals surface area contributed by atoms with Gasteiger partial charge in [0.2, 0.25) is 12.3 Å². The molecular formula is C15H14BrN2O4+. The molecule has 0 saturated carbocycles. The first-order valence-corrected chi connectivity index (χ1v) is 6.25. The lowest BCUT2D eigenvalue weighted by Gasteiger charge is -2.00. The van der Waals surface area contributed by atoms with Crippen LogP contribution in [0.3, 0.4) is 0 Å². The fourth-order valence-electron chi connectivity index (χ4n) is 1.88. The van der Waals surface area contributed by atoms with E-state index in [2.05, 4.69) is 0 Å². The van der Waals surface area contributed by atoms with E-state index < -0.39 is 4.92 Å². The number of hydrogen-bond donors (Lipinski definition) is 0. The highest BCUT2D eigenvalue weighted by Gasteiger charge is 2.16. The van der Waals surface area contributed by atoms with E-state index in [1.807, 2.05) is 0 Å². The van der Waals surface area contributed by atoms with Crippen molar-refractivity contribution in [1.82, 2.24) is 0 Å². The standard InChI is InChI=1S/C15H13N2O4.BrH/c1-11(18)13-5-3-7-16(9-13)10-15(19)12-4-2-6-14(8-12)17(20)21;/h2-9H,10H2,1H3;1H/q+1;. The molecule has 2 rings (SSSR count). The molecule has 0 aliphatic rings. The molecule has 0 fully saturated rings. The smallest absolute Gasteiger partial charge is 0.270 e. The topological polar surface area (TPSA) is 81.2 Å². The SMILES string of the molecule is Br.CC(=O)c1ccc[n+](CC(=O)c2cccc([N+](=O)[O-])c2)c1. The molecule has 0 N–H and O–H groups in total. The maximum absolute atomic E-state index is 12.1. The molecule has 0 unspecified atom stereocenters. The summed E-state index contributed by atoms with van der Waals surface area (Å²) >= 11 is 0. The van der Waals surface area contributed by atoms with Crippen molar-refractivity contribution in [3.05, 3.63) is 70.0 Å². The first-order chi connectivity index (χ1) is 9.97. The number of halogens is 1. The minimum atomic E-state index is -0.541. The van der Waals surface area contributed by atoms with Crippen molar-refractivity contribution in [2.24, 2.45) is 0 Å². The number of nitrogens with zero attached hydrogens (tertiary/aromatic N) is 2. The molecule has 0 radical (unpaired) electrons. The number of ketones is 2. The van der Waals surface area contributed by atoms with Gasteiger partial charge < -0.3 is 0 Å². The Kier molecular flexibility index (Phi) is 6.06. The number of carbonyl (C=O) groups excluding carboxylic acids is 2. The van der Waals surface area contributed by atoms with Gasteiger partial charge in [-0.1, -0.05) is 12.1 Å². The number of nitro benzene ring substituents is 1. The van der Waals surface area contributed by atoms with Crippen LogP contribution in [0.5, 0.6) is 0 Å². The number of Topliss-reactive ketones (excluding diaryl/α,β-unsaturated/α-hetero) is 2. The summed E-state index contributed by atoms with van der Waals surface area (Å²) in [6, 6.07) is 8.93. The Morgan fingerprint density at radius 3 is 2.50 bits per heavy atom. The van der Waals surface area contributed by atoms with E-state index in [0.29, 0.717) is 5.56 Å². The van der Waals surface area contributed by atoms with Crippen molar-refractivity contribution < 1.29 is 19.1 Å². The molecular weight excluding hydrogens is 352 g/mol. The van der Waals surface area contributed by atoms with Crippen molar-refractivity contribution in [2.45, 2.75) is 13.5 Å². The van der Waals surface area contributed by atoms with Crippen LogP contribution in [0.15, 0.2) is 48.8 Å². The zero-order chi connectivity index (χ0) is 15.4. The molecule has 0 amide bonds. The summed E-state index contributed by atoms with van der Waals surface area (Å²) in [5.41, 5.74) is 0.651. The third-order valence-corrected chi connectivity index (χ3v) is 2.97. The second-order valence-corrected chi connectivity index (χ2v) is 4.55. The lowest BCUT2D eigenvalue weighted by Crippen LogP contribution is -2.37. The molecule has 0 spiro atoms. The van der Waals surface area contributed by atoms with E-state index in [4.69, 9.17) is 0 Å². The van der Waals surface area contributed by atoms with Gasteiger partial charge in [0.15, 0.2) is 18.2 Å². The normalized spacial score (nSPS) is 9.68. The van der Waals surface area contributed by atoms with Gasteiger partial charge in [0.25, 0.3) is 5.69 Å². The Hall–Kier alpha value is -2.41. The van der Waals surface area contributed by atoms with Gasteiger partial charge in [-0.25, -0.2) is 0 Å². The maximum Gasteiger partial charge on any atom is 0.270 e. The molecule has 0 saturated heterocycles. The summed E-state index contributed by atoms with van der Waals surface area (Å²) in [7, 11) is 0. The van der Waals surface area contributed by atoms with Crippen LogP contribution in [0.25, 0.3) is 0 Å².